The fourth-order valence-electron chi connectivity index (χ4n) is 3.86. The maximum Gasteiger partial charge on any atom is 0.416 e. The van der Waals surface area contributed by atoms with Gasteiger partial charge in [-0.3, -0.25) is 4.79 Å². The van der Waals surface area contributed by atoms with E-state index < -0.39 is 17.0 Å². The molecule has 3 aromatic carbocycles. The van der Waals surface area contributed by atoms with Gasteiger partial charge in [0, 0.05) is 27.4 Å². The molecule has 198 valence electrons. The highest BCUT2D eigenvalue weighted by atomic mass is 35.5. The Kier molecular flexibility index (Phi) is 7.79. The normalized spacial score (nSPS) is 16.8. The first-order valence-electron chi connectivity index (χ1n) is 11.5. The predicted octanol–water partition coefficient (Wildman–Crippen LogP) is 7.03. The Morgan fingerprint density at radius 1 is 1.05 bits per heavy atom. The second-order valence-electron chi connectivity index (χ2n) is 8.47. The zero-order chi connectivity index (χ0) is 27.6. The highest BCUT2D eigenvalue weighted by molar-refractivity contribution is 8.15. The van der Waals surface area contributed by atoms with Crippen molar-refractivity contribution in [3.05, 3.63) is 106 Å². The summed E-state index contributed by atoms with van der Waals surface area (Å²) < 4.78 is 41.0. The highest BCUT2D eigenvalue weighted by Gasteiger charge is 2.34. The Bertz CT molecular complexity index is 1570. The van der Waals surface area contributed by atoms with E-state index in [1.54, 1.807) is 16.8 Å². The van der Waals surface area contributed by atoms with Gasteiger partial charge in [0.05, 0.1) is 22.7 Å². The van der Waals surface area contributed by atoms with Gasteiger partial charge in [-0.05, 0) is 54.4 Å². The van der Waals surface area contributed by atoms with E-state index >= 15 is 0 Å². The summed E-state index contributed by atoms with van der Waals surface area (Å²) in [4.78, 5) is 12.5. The lowest BCUT2D eigenvalue weighted by Gasteiger charge is -2.12. The van der Waals surface area contributed by atoms with E-state index in [-0.39, 0.29) is 28.1 Å². The van der Waals surface area contributed by atoms with E-state index in [4.69, 9.17) is 28.3 Å². The fourth-order valence-corrected chi connectivity index (χ4v) is 5.14. The van der Waals surface area contributed by atoms with E-state index in [9.17, 15) is 18.0 Å². The Hall–Kier alpha value is -3.60. The van der Waals surface area contributed by atoms with Crippen LogP contribution < -0.4 is 5.32 Å². The third kappa shape index (κ3) is 6.35. The standard InChI is InChI=1S/C27H18Cl2F3N5OS/c28-20-9-6-16(7-10-20)24-18(15-37(36-24)21-4-2-1-3-5-21)14-33-35-26-34-25(38)23(39-26)13-17-12-19(27(30,31)32)8-11-22(17)29/h1-12,14-15,23H,13H2,(H,34,35,38)/b33-14+. The van der Waals surface area contributed by atoms with E-state index in [0.717, 1.165) is 35.1 Å². The summed E-state index contributed by atoms with van der Waals surface area (Å²) >= 11 is 13.2. The van der Waals surface area contributed by atoms with Gasteiger partial charge in [-0.25, -0.2) is 4.68 Å². The van der Waals surface area contributed by atoms with Gasteiger partial charge in [0.2, 0.25) is 5.91 Å². The molecule has 1 aromatic heterocycles. The molecular weight excluding hydrogens is 570 g/mol. The Morgan fingerprint density at radius 2 is 1.79 bits per heavy atom. The van der Waals surface area contributed by atoms with Crippen LogP contribution in [0.5, 0.6) is 0 Å². The van der Waals surface area contributed by atoms with Gasteiger partial charge < -0.3 is 5.32 Å². The fraction of sp³-hybridized carbons (Fsp3) is 0.111. The molecule has 1 fully saturated rings. The SMILES string of the molecule is O=C1N/C(=N\N=C\c2cn(-c3ccccc3)nc2-c2ccc(Cl)cc2)SC1Cc1cc(C(F)(F)F)ccc1Cl. The van der Waals surface area contributed by atoms with Crippen molar-refractivity contribution >= 4 is 52.3 Å². The van der Waals surface area contributed by atoms with E-state index in [1.165, 1.54) is 12.3 Å². The van der Waals surface area contributed by atoms with Crippen LogP contribution >= 0.6 is 35.0 Å². The molecule has 1 atom stereocenters. The number of alkyl halides is 3. The Balaban J connectivity index is 1.36. The molecule has 1 N–H and O–H groups in total. The average molecular weight is 588 g/mol. The van der Waals surface area contributed by atoms with E-state index in [1.807, 2.05) is 48.7 Å². The Morgan fingerprint density at radius 3 is 2.51 bits per heavy atom. The minimum atomic E-state index is -4.51. The first kappa shape index (κ1) is 27.0. The first-order chi connectivity index (χ1) is 18.7. The van der Waals surface area contributed by atoms with Crippen LogP contribution in [0.25, 0.3) is 16.9 Å². The van der Waals surface area contributed by atoms with Crippen LogP contribution in [0.3, 0.4) is 0 Å². The quantitative estimate of drug-likeness (QED) is 0.194. The Labute approximate surface area is 235 Å². The molecule has 0 radical (unpaired) electrons. The molecule has 2 heterocycles. The number of carbonyl (C=O) groups excluding carboxylic acids is 1. The molecule has 6 nitrogen and oxygen atoms in total. The van der Waals surface area contributed by atoms with E-state index in [2.05, 4.69) is 15.5 Å². The number of nitrogens with zero attached hydrogens (tertiary/aromatic N) is 4. The average Bonchev–Trinajstić information content (AvgIpc) is 3.49. The smallest absolute Gasteiger partial charge is 0.303 e. The first-order valence-corrected chi connectivity index (χ1v) is 13.2. The van der Waals surface area contributed by atoms with Crippen molar-refractivity contribution < 1.29 is 18.0 Å². The molecule has 0 aliphatic carbocycles. The van der Waals surface area contributed by atoms with Crippen molar-refractivity contribution in [1.29, 1.82) is 0 Å². The summed E-state index contributed by atoms with van der Waals surface area (Å²) in [5.41, 5.74) is 2.41. The maximum absolute atomic E-state index is 13.1. The number of halogens is 5. The second-order valence-corrected chi connectivity index (χ2v) is 10.5. The summed E-state index contributed by atoms with van der Waals surface area (Å²) in [6.07, 6.45) is -1.17. The molecule has 1 aliphatic heterocycles. The molecule has 1 saturated heterocycles. The highest BCUT2D eigenvalue weighted by Crippen LogP contribution is 2.34. The lowest BCUT2D eigenvalue weighted by Crippen LogP contribution is -2.26. The van der Waals surface area contributed by atoms with Gasteiger partial charge in [0.1, 0.15) is 5.69 Å². The number of aromatic nitrogens is 2. The topological polar surface area (TPSA) is 71.6 Å². The third-order valence-electron chi connectivity index (χ3n) is 5.78. The van der Waals surface area contributed by atoms with E-state index in [0.29, 0.717) is 16.3 Å². The minimum Gasteiger partial charge on any atom is -0.303 e. The molecule has 0 bridgehead atoms. The molecule has 12 heteroatoms. The number of amidine groups is 1. The lowest BCUT2D eigenvalue weighted by molar-refractivity contribution is -0.137. The van der Waals surface area contributed by atoms with Gasteiger partial charge in [-0.2, -0.15) is 23.4 Å². The zero-order valence-corrected chi connectivity index (χ0v) is 22.2. The number of hydrogen-bond donors (Lipinski definition) is 1. The number of amides is 1. The molecule has 1 amide bonds. The van der Waals surface area contributed by atoms with Crippen molar-refractivity contribution in [3.63, 3.8) is 0 Å². The molecule has 0 saturated carbocycles. The number of carbonyl (C=O) groups is 1. The summed E-state index contributed by atoms with van der Waals surface area (Å²) in [7, 11) is 0. The molecule has 4 aromatic rings. The van der Waals surface area contributed by atoms with Crippen molar-refractivity contribution in [3.8, 4) is 16.9 Å². The van der Waals surface area contributed by atoms with Crippen molar-refractivity contribution in [2.75, 3.05) is 0 Å². The number of thioether (sulfide) groups is 1. The van der Waals surface area contributed by atoms with Crippen LogP contribution in [0.4, 0.5) is 13.2 Å². The molecule has 0 spiro atoms. The molecule has 5 rings (SSSR count). The molecule has 39 heavy (non-hydrogen) atoms. The van der Waals surface area contributed by atoms with Crippen LogP contribution in [0.1, 0.15) is 16.7 Å². The van der Waals surface area contributed by atoms with Crippen LogP contribution in [0, 0.1) is 0 Å². The van der Waals surface area contributed by atoms with Crippen molar-refractivity contribution in [2.45, 2.75) is 17.8 Å². The summed E-state index contributed by atoms with van der Waals surface area (Å²) in [5, 5.41) is 15.9. The van der Waals surface area contributed by atoms with Crippen LogP contribution in [0.15, 0.2) is 89.2 Å². The van der Waals surface area contributed by atoms with Gasteiger partial charge in [0.15, 0.2) is 5.17 Å². The summed E-state index contributed by atoms with van der Waals surface area (Å²) in [6, 6.07) is 19.8. The summed E-state index contributed by atoms with van der Waals surface area (Å²) in [6.45, 7) is 0. The van der Waals surface area contributed by atoms with Gasteiger partial charge in [-0.15, -0.1) is 5.10 Å². The number of rotatable bonds is 6. The summed E-state index contributed by atoms with van der Waals surface area (Å²) in [5.74, 6) is -0.388. The largest absolute Gasteiger partial charge is 0.416 e. The van der Waals surface area contributed by atoms with Gasteiger partial charge in [0.25, 0.3) is 0 Å². The van der Waals surface area contributed by atoms with Crippen LogP contribution in [0.2, 0.25) is 10.0 Å². The molecular formula is C27H18Cl2F3N5OS. The second kappa shape index (κ2) is 11.3. The van der Waals surface area contributed by atoms with Gasteiger partial charge >= 0.3 is 6.18 Å². The van der Waals surface area contributed by atoms with Crippen LogP contribution in [-0.4, -0.2) is 32.3 Å². The molecule has 1 aliphatic rings. The number of nitrogens with one attached hydrogen (secondary N) is 1. The number of benzene rings is 3. The number of hydrogen-bond acceptors (Lipinski definition) is 5. The lowest BCUT2D eigenvalue weighted by atomic mass is 10.1. The van der Waals surface area contributed by atoms with Crippen LogP contribution in [-0.2, 0) is 17.4 Å². The predicted molar refractivity (Wildman–Crippen MR) is 149 cm³/mol. The third-order valence-corrected chi connectivity index (χ3v) is 7.47. The maximum atomic E-state index is 13.1. The van der Waals surface area contributed by atoms with Gasteiger partial charge in [-0.1, -0.05) is 65.3 Å². The number of para-hydroxylation sites is 1. The molecule has 1 unspecified atom stereocenters. The van der Waals surface area contributed by atoms with Crippen molar-refractivity contribution in [1.82, 2.24) is 15.1 Å². The van der Waals surface area contributed by atoms with Crippen molar-refractivity contribution in [2.24, 2.45) is 10.2 Å². The monoisotopic (exact) mass is 587 g/mol. The minimum absolute atomic E-state index is 0.00650. The zero-order valence-electron chi connectivity index (χ0n) is 19.9.